The van der Waals surface area contributed by atoms with Crippen molar-refractivity contribution < 1.29 is 32.9 Å². The molecule has 1 unspecified atom stereocenters. The number of carbonyl (C=O) groups is 2. The van der Waals surface area contributed by atoms with Gasteiger partial charge in [-0.3, -0.25) is 4.79 Å². The SMILES string of the molecule is COc1ccc(CN2C(=O)c3c(Cl)nc(N[C@@H]4CCOC[C@@H]4NC(=O)OC(C)(C)C)c(F)c3C2C)c(OC)c1. The molecule has 2 aliphatic heterocycles. The van der Waals surface area contributed by atoms with Gasteiger partial charge in [0.1, 0.15) is 22.3 Å². The largest absolute Gasteiger partial charge is 0.497 e. The van der Waals surface area contributed by atoms with E-state index in [4.69, 9.17) is 30.5 Å². The minimum Gasteiger partial charge on any atom is -0.497 e. The summed E-state index contributed by atoms with van der Waals surface area (Å²) in [7, 11) is 3.08. The van der Waals surface area contributed by atoms with E-state index >= 15 is 4.39 Å². The van der Waals surface area contributed by atoms with Crippen LogP contribution in [0.3, 0.4) is 0 Å². The third-order valence-electron chi connectivity index (χ3n) is 6.71. The molecule has 12 heteroatoms. The average Bonchev–Trinajstić information content (AvgIpc) is 3.12. The Morgan fingerprint density at radius 3 is 2.67 bits per heavy atom. The second kappa shape index (κ2) is 11.4. The van der Waals surface area contributed by atoms with Crippen molar-refractivity contribution in [2.45, 2.75) is 64.4 Å². The van der Waals surface area contributed by atoms with E-state index in [-0.39, 0.29) is 35.2 Å². The molecule has 1 aromatic carbocycles. The van der Waals surface area contributed by atoms with Gasteiger partial charge in [-0.25, -0.2) is 14.2 Å². The smallest absolute Gasteiger partial charge is 0.408 e. The standard InChI is InChI=1S/C27H34ClFN4O6/c1-14-20-21(25(34)33(14)12-15-7-8-16(36-5)11-19(15)37-6)23(28)32-24(22(20)29)30-17-9-10-38-13-18(17)31-26(35)39-27(2,3)4/h7-8,11,14,17-18H,9-10,12-13H2,1-6H3,(H,30,32)(H,31,35)/t14?,17-,18+/m1/s1. The molecule has 0 spiro atoms. The van der Waals surface area contributed by atoms with E-state index in [0.29, 0.717) is 24.5 Å². The van der Waals surface area contributed by atoms with Crippen LogP contribution in [-0.4, -0.2) is 67.0 Å². The first-order valence-corrected chi connectivity index (χ1v) is 13.1. The molecular weight excluding hydrogens is 531 g/mol. The second-order valence-electron chi connectivity index (χ2n) is 10.5. The molecule has 0 aliphatic carbocycles. The van der Waals surface area contributed by atoms with Crippen LogP contribution in [0, 0.1) is 5.82 Å². The maximum absolute atomic E-state index is 16.0. The van der Waals surface area contributed by atoms with Gasteiger partial charge in [-0.05, 0) is 46.2 Å². The van der Waals surface area contributed by atoms with Crippen molar-refractivity contribution in [3.05, 3.63) is 45.9 Å². The molecule has 2 aliphatic rings. The third kappa shape index (κ3) is 6.14. The van der Waals surface area contributed by atoms with E-state index in [2.05, 4.69) is 15.6 Å². The number of nitrogens with one attached hydrogen (secondary N) is 2. The highest BCUT2D eigenvalue weighted by atomic mass is 35.5. The lowest BCUT2D eigenvalue weighted by Gasteiger charge is -2.33. The molecule has 2 N–H and O–H groups in total. The van der Waals surface area contributed by atoms with Crippen molar-refractivity contribution in [1.82, 2.24) is 15.2 Å². The molecule has 39 heavy (non-hydrogen) atoms. The van der Waals surface area contributed by atoms with Crippen molar-refractivity contribution in [3.63, 3.8) is 0 Å². The summed E-state index contributed by atoms with van der Waals surface area (Å²) >= 11 is 6.46. The highest BCUT2D eigenvalue weighted by Crippen LogP contribution is 2.42. The first-order valence-electron chi connectivity index (χ1n) is 12.7. The zero-order valence-electron chi connectivity index (χ0n) is 22.9. The van der Waals surface area contributed by atoms with Crippen LogP contribution in [0.25, 0.3) is 0 Å². The molecule has 2 amide bonds. The van der Waals surface area contributed by atoms with Crippen LogP contribution in [-0.2, 0) is 16.0 Å². The molecular formula is C27H34ClFN4O6. The Morgan fingerprint density at radius 2 is 2.00 bits per heavy atom. The fourth-order valence-corrected chi connectivity index (χ4v) is 5.05. The first-order chi connectivity index (χ1) is 18.4. The zero-order chi connectivity index (χ0) is 28.5. The van der Waals surface area contributed by atoms with E-state index in [1.165, 1.54) is 12.0 Å². The summed E-state index contributed by atoms with van der Waals surface area (Å²) in [6, 6.07) is 3.76. The number of methoxy groups -OCH3 is 2. The third-order valence-corrected chi connectivity index (χ3v) is 6.98. The predicted octanol–water partition coefficient (Wildman–Crippen LogP) is 4.70. The molecule has 1 saturated heterocycles. The van der Waals surface area contributed by atoms with Crippen molar-refractivity contribution in [2.75, 3.05) is 32.8 Å². The summed E-state index contributed by atoms with van der Waals surface area (Å²) in [6.45, 7) is 7.83. The number of fused-ring (bicyclic) bond motifs is 1. The number of pyridine rings is 1. The number of alkyl carbamates (subject to hydrolysis) is 1. The van der Waals surface area contributed by atoms with Crippen LogP contribution < -0.4 is 20.1 Å². The Bertz CT molecular complexity index is 1250. The molecule has 212 valence electrons. The number of hydrogen-bond acceptors (Lipinski definition) is 8. The molecule has 4 rings (SSSR count). The van der Waals surface area contributed by atoms with Gasteiger partial charge in [-0.2, -0.15) is 0 Å². The zero-order valence-corrected chi connectivity index (χ0v) is 23.6. The Balaban J connectivity index is 1.57. The number of amides is 2. The van der Waals surface area contributed by atoms with E-state index in [0.717, 1.165) is 5.56 Å². The average molecular weight is 565 g/mol. The summed E-state index contributed by atoms with van der Waals surface area (Å²) in [4.78, 5) is 31.5. The molecule has 0 bridgehead atoms. The molecule has 1 aromatic heterocycles. The highest BCUT2D eigenvalue weighted by molar-refractivity contribution is 6.33. The Kier molecular flexibility index (Phi) is 8.41. The monoisotopic (exact) mass is 564 g/mol. The number of benzene rings is 1. The van der Waals surface area contributed by atoms with Crippen LogP contribution in [0.1, 0.15) is 61.6 Å². The van der Waals surface area contributed by atoms with Gasteiger partial charge in [0.25, 0.3) is 5.91 Å². The van der Waals surface area contributed by atoms with Gasteiger partial charge in [0.2, 0.25) is 0 Å². The summed E-state index contributed by atoms with van der Waals surface area (Å²) in [5, 5.41) is 5.77. The van der Waals surface area contributed by atoms with Gasteiger partial charge in [-0.1, -0.05) is 11.6 Å². The number of anilines is 1. The van der Waals surface area contributed by atoms with Crippen molar-refractivity contribution in [3.8, 4) is 11.5 Å². The molecule has 3 heterocycles. The van der Waals surface area contributed by atoms with Crippen LogP contribution in [0.15, 0.2) is 18.2 Å². The summed E-state index contributed by atoms with van der Waals surface area (Å²) in [5.41, 5.74) is 0.259. The minimum absolute atomic E-state index is 0.0371. The Morgan fingerprint density at radius 1 is 1.26 bits per heavy atom. The lowest BCUT2D eigenvalue weighted by molar-refractivity contribution is 0.0317. The number of nitrogens with zero attached hydrogens (tertiary/aromatic N) is 2. The Labute approximate surface area is 232 Å². The molecule has 2 aromatic rings. The van der Waals surface area contributed by atoms with E-state index in [9.17, 15) is 9.59 Å². The lowest BCUT2D eigenvalue weighted by Crippen LogP contribution is -2.53. The molecule has 0 saturated carbocycles. The van der Waals surface area contributed by atoms with Crippen LogP contribution in [0.2, 0.25) is 5.15 Å². The van der Waals surface area contributed by atoms with E-state index in [1.807, 2.05) is 0 Å². The van der Waals surface area contributed by atoms with Crippen molar-refractivity contribution in [1.29, 1.82) is 0 Å². The maximum Gasteiger partial charge on any atom is 0.408 e. The molecule has 10 nitrogen and oxygen atoms in total. The second-order valence-corrected chi connectivity index (χ2v) is 10.9. The summed E-state index contributed by atoms with van der Waals surface area (Å²) in [5.74, 6) is -0.0253. The highest BCUT2D eigenvalue weighted by Gasteiger charge is 2.41. The van der Waals surface area contributed by atoms with Crippen LogP contribution >= 0.6 is 11.6 Å². The number of hydrogen-bond donors (Lipinski definition) is 2. The van der Waals surface area contributed by atoms with Crippen molar-refractivity contribution >= 4 is 29.4 Å². The fourth-order valence-electron chi connectivity index (χ4n) is 4.78. The molecule has 0 radical (unpaired) electrons. The number of aromatic nitrogens is 1. The molecule has 1 fully saturated rings. The number of ether oxygens (including phenoxy) is 4. The fraction of sp³-hybridized carbons (Fsp3) is 0.519. The molecule has 3 atom stereocenters. The normalized spacial score (nSPS) is 20.9. The minimum atomic E-state index is -0.673. The summed E-state index contributed by atoms with van der Waals surface area (Å²) in [6.07, 6.45) is -0.122. The predicted molar refractivity (Wildman–Crippen MR) is 143 cm³/mol. The van der Waals surface area contributed by atoms with E-state index in [1.54, 1.807) is 53.0 Å². The number of halogens is 2. The van der Waals surface area contributed by atoms with Gasteiger partial charge >= 0.3 is 6.09 Å². The van der Waals surface area contributed by atoms with Crippen molar-refractivity contribution in [2.24, 2.45) is 0 Å². The van der Waals surface area contributed by atoms with Gasteiger partial charge in [0.15, 0.2) is 11.6 Å². The van der Waals surface area contributed by atoms with Crippen LogP contribution in [0.4, 0.5) is 15.0 Å². The maximum atomic E-state index is 16.0. The van der Waals surface area contributed by atoms with Gasteiger partial charge < -0.3 is 34.5 Å². The number of carbonyl (C=O) groups excluding carboxylic acids is 2. The van der Waals surface area contributed by atoms with Crippen LogP contribution in [0.5, 0.6) is 11.5 Å². The first kappa shape index (κ1) is 28.7. The topological polar surface area (TPSA) is 111 Å². The number of rotatable bonds is 7. The van der Waals surface area contributed by atoms with Gasteiger partial charge in [0, 0.05) is 23.8 Å². The van der Waals surface area contributed by atoms with Gasteiger partial charge in [-0.15, -0.1) is 0 Å². The summed E-state index contributed by atoms with van der Waals surface area (Å²) < 4.78 is 37.6. The van der Waals surface area contributed by atoms with E-state index < -0.39 is 41.5 Å². The Hall–Kier alpha value is -3.31. The van der Waals surface area contributed by atoms with Gasteiger partial charge in [0.05, 0.1) is 51.1 Å². The lowest BCUT2D eigenvalue weighted by atomic mass is 10.0. The quantitative estimate of drug-likeness (QED) is 0.465.